The van der Waals surface area contributed by atoms with Crippen LogP contribution in [0.15, 0.2) is 48.5 Å². The third-order valence-electron chi connectivity index (χ3n) is 3.49. The number of hydrogen-bond acceptors (Lipinski definition) is 2. The van der Waals surface area contributed by atoms with Crippen LogP contribution in [0, 0.1) is 0 Å². The number of hydrogen-bond donors (Lipinski definition) is 1. The van der Waals surface area contributed by atoms with Crippen LogP contribution in [0.4, 0.5) is 5.69 Å². The van der Waals surface area contributed by atoms with Crippen molar-refractivity contribution in [2.24, 2.45) is 0 Å². The van der Waals surface area contributed by atoms with E-state index in [1.165, 1.54) is 16.7 Å². The fraction of sp³-hybridized carbons (Fsp3) is 0.263. The van der Waals surface area contributed by atoms with Crippen molar-refractivity contribution in [2.45, 2.75) is 20.0 Å². The zero-order chi connectivity index (χ0) is 15.1. The van der Waals surface area contributed by atoms with Gasteiger partial charge in [0.25, 0.3) is 0 Å². The van der Waals surface area contributed by atoms with Gasteiger partial charge in [-0.2, -0.15) is 0 Å². The molecule has 1 N–H and O–H groups in total. The summed E-state index contributed by atoms with van der Waals surface area (Å²) in [6.45, 7) is 4.84. The summed E-state index contributed by atoms with van der Waals surface area (Å²) in [6.07, 6.45) is 4.41. The molecule has 2 aromatic carbocycles. The Labute approximate surface area is 127 Å². The molecule has 0 saturated heterocycles. The van der Waals surface area contributed by atoms with Crippen LogP contribution >= 0.6 is 0 Å². The average molecular weight is 281 g/mol. The van der Waals surface area contributed by atoms with Crippen LogP contribution in [0.25, 0.3) is 12.2 Å². The summed E-state index contributed by atoms with van der Waals surface area (Å²) in [5, 5.41) is 3.12. The Balaban J connectivity index is 2.03. The Morgan fingerprint density at radius 3 is 1.95 bits per heavy atom. The lowest BCUT2D eigenvalue weighted by Gasteiger charge is -2.11. The van der Waals surface area contributed by atoms with Crippen LogP contribution in [0.1, 0.15) is 36.6 Å². The first-order valence-electron chi connectivity index (χ1n) is 7.40. The maximum absolute atomic E-state index is 5.59. The van der Waals surface area contributed by atoms with Crippen molar-refractivity contribution >= 4 is 17.8 Å². The van der Waals surface area contributed by atoms with Gasteiger partial charge in [0.05, 0.1) is 6.10 Å². The Morgan fingerprint density at radius 2 is 1.48 bits per heavy atom. The minimum absolute atomic E-state index is 0.155. The summed E-state index contributed by atoms with van der Waals surface area (Å²) in [4.78, 5) is 0. The molecule has 1 atom stereocenters. The molecule has 0 aliphatic carbocycles. The van der Waals surface area contributed by atoms with Crippen LogP contribution in [-0.4, -0.2) is 13.7 Å². The standard InChI is InChI=1S/C19H23NO/c1-4-21-15(2)18-11-7-16(8-12-18)5-6-17-9-13-19(20-3)14-10-17/h5-15,20H,4H2,1-3H3/b6-5+. The highest BCUT2D eigenvalue weighted by atomic mass is 16.5. The van der Waals surface area contributed by atoms with E-state index in [2.05, 4.69) is 72.9 Å². The van der Waals surface area contributed by atoms with E-state index in [0.29, 0.717) is 0 Å². The van der Waals surface area contributed by atoms with Gasteiger partial charge in [-0.3, -0.25) is 0 Å². The van der Waals surface area contributed by atoms with Gasteiger partial charge >= 0.3 is 0 Å². The monoisotopic (exact) mass is 281 g/mol. The van der Waals surface area contributed by atoms with Crippen molar-refractivity contribution < 1.29 is 4.74 Å². The van der Waals surface area contributed by atoms with Crippen LogP contribution in [0.2, 0.25) is 0 Å². The van der Waals surface area contributed by atoms with Gasteiger partial charge in [-0.25, -0.2) is 0 Å². The summed E-state index contributed by atoms with van der Waals surface area (Å²) in [7, 11) is 1.93. The van der Waals surface area contributed by atoms with Crippen LogP contribution in [-0.2, 0) is 4.74 Å². The van der Waals surface area contributed by atoms with E-state index in [1.807, 2.05) is 14.0 Å². The smallest absolute Gasteiger partial charge is 0.0796 e. The second-order valence-corrected chi connectivity index (χ2v) is 4.97. The zero-order valence-electron chi connectivity index (χ0n) is 13.0. The zero-order valence-corrected chi connectivity index (χ0v) is 13.0. The Hall–Kier alpha value is -2.06. The van der Waals surface area contributed by atoms with E-state index in [1.54, 1.807) is 0 Å². The summed E-state index contributed by atoms with van der Waals surface area (Å²) < 4.78 is 5.59. The fourth-order valence-corrected chi connectivity index (χ4v) is 2.18. The molecule has 0 bridgehead atoms. The summed E-state index contributed by atoms with van der Waals surface area (Å²) in [5.41, 5.74) is 4.73. The maximum Gasteiger partial charge on any atom is 0.0796 e. The van der Waals surface area contributed by atoms with Crippen molar-refractivity contribution in [3.8, 4) is 0 Å². The number of anilines is 1. The topological polar surface area (TPSA) is 21.3 Å². The predicted octanol–water partition coefficient (Wildman–Crippen LogP) is 5.00. The van der Waals surface area contributed by atoms with Crippen LogP contribution in [0.3, 0.4) is 0 Å². The molecular weight excluding hydrogens is 258 g/mol. The average Bonchev–Trinajstić information content (AvgIpc) is 2.54. The molecule has 0 aliphatic heterocycles. The molecule has 0 aromatic heterocycles. The van der Waals surface area contributed by atoms with E-state index in [-0.39, 0.29) is 6.10 Å². The van der Waals surface area contributed by atoms with Gasteiger partial charge in [-0.05, 0) is 42.7 Å². The van der Waals surface area contributed by atoms with E-state index in [0.717, 1.165) is 12.3 Å². The molecule has 0 radical (unpaired) electrons. The summed E-state index contributed by atoms with van der Waals surface area (Å²) >= 11 is 0. The normalized spacial score (nSPS) is 12.5. The SMILES string of the molecule is CCOC(C)c1ccc(/C=C/c2ccc(NC)cc2)cc1. The second kappa shape index (κ2) is 7.65. The van der Waals surface area contributed by atoms with Crippen molar-refractivity contribution in [2.75, 3.05) is 19.0 Å². The van der Waals surface area contributed by atoms with Gasteiger partial charge in [0.2, 0.25) is 0 Å². The number of nitrogens with one attached hydrogen (secondary N) is 1. The molecule has 2 rings (SSSR count). The highest BCUT2D eigenvalue weighted by Crippen LogP contribution is 2.18. The van der Waals surface area contributed by atoms with E-state index in [9.17, 15) is 0 Å². The molecule has 1 unspecified atom stereocenters. The third kappa shape index (κ3) is 4.47. The quantitative estimate of drug-likeness (QED) is 0.753. The van der Waals surface area contributed by atoms with Crippen molar-refractivity contribution in [3.63, 3.8) is 0 Å². The van der Waals surface area contributed by atoms with Gasteiger partial charge in [-0.1, -0.05) is 48.6 Å². The lowest BCUT2D eigenvalue weighted by atomic mass is 10.1. The van der Waals surface area contributed by atoms with Crippen molar-refractivity contribution in [3.05, 3.63) is 65.2 Å². The van der Waals surface area contributed by atoms with E-state index < -0.39 is 0 Å². The van der Waals surface area contributed by atoms with E-state index >= 15 is 0 Å². The molecule has 0 aliphatic rings. The predicted molar refractivity (Wildman–Crippen MR) is 91.4 cm³/mol. The molecule has 0 saturated carbocycles. The van der Waals surface area contributed by atoms with Crippen molar-refractivity contribution in [1.82, 2.24) is 0 Å². The minimum Gasteiger partial charge on any atom is -0.388 e. The molecule has 2 heteroatoms. The lowest BCUT2D eigenvalue weighted by Crippen LogP contribution is -1.98. The van der Waals surface area contributed by atoms with Gasteiger partial charge < -0.3 is 10.1 Å². The Kier molecular flexibility index (Phi) is 5.59. The molecule has 0 heterocycles. The molecule has 0 fully saturated rings. The molecular formula is C19H23NO. The molecule has 21 heavy (non-hydrogen) atoms. The summed E-state index contributed by atoms with van der Waals surface area (Å²) in [5.74, 6) is 0. The largest absolute Gasteiger partial charge is 0.388 e. The molecule has 2 nitrogen and oxygen atoms in total. The first kappa shape index (κ1) is 15.3. The molecule has 2 aromatic rings. The fourth-order valence-electron chi connectivity index (χ4n) is 2.18. The van der Waals surface area contributed by atoms with Gasteiger partial charge in [0.1, 0.15) is 0 Å². The highest BCUT2D eigenvalue weighted by molar-refractivity contribution is 5.70. The Bertz CT molecular complexity index is 570. The molecule has 0 amide bonds. The minimum atomic E-state index is 0.155. The summed E-state index contributed by atoms with van der Waals surface area (Å²) in [6, 6.07) is 16.9. The lowest BCUT2D eigenvalue weighted by molar-refractivity contribution is 0.0764. The highest BCUT2D eigenvalue weighted by Gasteiger charge is 2.03. The first-order valence-corrected chi connectivity index (χ1v) is 7.40. The number of rotatable bonds is 6. The van der Waals surface area contributed by atoms with Crippen molar-refractivity contribution in [1.29, 1.82) is 0 Å². The molecule has 0 spiro atoms. The van der Waals surface area contributed by atoms with Crippen LogP contribution in [0.5, 0.6) is 0 Å². The third-order valence-corrected chi connectivity index (χ3v) is 3.49. The molecule has 110 valence electrons. The second-order valence-electron chi connectivity index (χ2n) is 4.97. The first-order chi connectivity index (χ1) is 10.2. The number of ether oxygens (including phenoxy) is 1. The van der Waals surface area contributed by atoms with Gasteiger partial charge in [-0.15, -0.1) is 0 Å². The van der Waals surface area contributed by atoms with Crippen LogP contribution < -0.4 is 5.32 Å². The van der Waals surface area contributed by atoms with Gasteiger partial charge in [0.15, 0.2) is 0 Å². The number of benzene rings is 2. The maximum atomic E-state index is 5.59. The van der Waals surface area contributed by atoms with Gasteiger partial charge in [0, 0.05) is 19.3 Å². The van der Waals surface area contributed by atoms with E-state index in [4.69, 9.17) is 4.74 Å². The Morgan fingerprint density at radius 1 is 0.952 bits per heavy atom.